The van der Waals surface area contributed by atoms with Gasteiger partial charge in [0.15, 0.2) is 5.65 Å². The van der Waals surface area contributed by atoms with Crippen molar-refractivity contribution in [2.45, 2.75) is 38.9 Å². The molecule has 0 spiro atoms. The first-order valence-electron chi connectivity index (χ1n) is 6.03. The Morgan fingerprint density at radius 3 is 2.44 bits per heavy atom. The van der Waals surface area contributed by atoms with Gasteiger partial charge in [0, 0.05) is 18.6 Å². The molecule has 94 valence electrons. The molecule has 0 N–H and O–H groups in total. The van der Waals surface area contributed by atoms with Crippen molar-refractivity contribution in [2.75, 3.05) is 0 Å². The second kappa shape index (κ2) is 3.55. The van der Waals surface area contributed by atoms with E-state index in [4.69, 9.17) is 9.31 Å². The molecule has 2 aromatic heterocycles. The fourth-order valence-corrected chi connectivity index (χ4v) is 2.00. The van der Waals surface area contributed by atoms with E-state index < -0.39 is 7.12 Å². The summed E-state index contributed by atoms with van der Waals surface area (Å²) in [6.07, 6.45) is 7.08. The summed E-state index contributed by atoms with van der Waals surface area (Å²) in [6, 6.07) is 0. The van der Waals surface area contributed by atoms with E-state index in [2.05, 4.69) is 9.97 Å². The predicted molar refractivity (Wildman–Crippen MR) is 68.7 cm³/mol. The molecular formula is C12H16BN3O2. The van der Waals surface area contributed by atoms with Gasteiger partial charge in [-0.3, -0.25) is 4.98 Å². The molecule has 0 bridgehead atoms. The summed E-state index contributed by atoms with van der Waals surface area (Å²) in [7, 11) is -0.396. The molecular weight excluding hydrogens is 229 g/mol. The van der Waals surface area contributed by atoms with Crippen LogP contribution in [0.3, 0.4) is 0 Å². The number of fused-ring (bicyclic) bond motifs is 1. The number of hydrogen-bond donors (Lipinski definition) is 0. The second-order valence-corrected chi connectivity index (χ2v) is 5.58. The minimum atomic E-state index is -0.396. The van der Waals surface area contributed by atoms with Crippen LogP contribution >= 0.6 is 0 Å². The third-order valence-corrected chi connectivity index (χ3v) is 3.84. The number of aromatic nitrogens is 3. The number of hydrogen-bond acceptors (Lipinski definition) is 4. The van der Waals surface area contributed by atoms with Gasteiger partial charge in [0.2, 0.25) is 0 Å². The monoisotopic (exact) mass is 245 g/mol. The van der Waals surface area contributed by atoms with E-state index in [1.807, 2.05) is 38.3 Å². The van der Waals surface area contributed by atoms with Gasteiger partial charge in [-0.15, -0.1) is 0 Å². The van der Waals surface area contributed by atoms with Crippen LogP contribution < -0.4 is 5.59 Å². The molecule has 3 heterocycles. The fourth-order valence-electron chi connectivity index (χ4n) is 2.00. The van der Waals surface area contributed by atoms with Gasteiger partial charge in [-0.1, -0.05) is 0 Å². The Kier molecular flexibility index (Phi) is 2.31. The summed E-state index contributed by atoms with van der Waals surface area (Å²) in [5, 5.41) is 0. The summed E-state index contributed by atoms with van der Waals surface area (Å²) < 4.78 is 14.0. The molecule has 6 heteroatoms. The van der Waals surface area contributed by atoms with Crippen molar-refractivity contribution in [1.29, 1.82) is 0 Å². The van der Waals surface area contributed by atoms with Crippen LogP contribution in [0.2, 0.25) is 0 Å². The number of rotatable bonds is 1. The predicted octanol–water partition coefficient (Wildman–Crippen LogP) is 1.03. The lowest BCUT2D eigenvalue weighted by Gasteiger charge is -2.32. The van der Waals surface area contributed by atoms with Crippen molar-refractivity contribution in [3.05, 3.63) is 24.8 Å². The highest BCUT2D eigenvalue weighted by Crippen LogP contribution is 2.36. The lowest BCUT2D eigenvalue weighted by atomic mass is 9.85. The summed E-state index contributed by atoms with van der Waals surface area (Å²) in [4.78, 5) is 8.34. The molecule has 0 amide bonds. The third kappa shape index (κ3) is 1.56. The van der Waals surface area contributed by atoms with E-state index in [1.54, 1.807) is 18.6 Å². The van der Waals surface area contributed by atoms with E-state index >= 15 is 0 Å². The highest BCUT2D eigenvalue weighted by molar-refractivity contribution is 6.61. The smallest absolute Gasteiger partial charge is 0.398 e. The van der Waals surface area contributed by atoms with E-state index in [-0.39, 0.29) is 11.2 Å². The molecule has 0 aromatic carbocycles. The quantitative estimate of drug-likeness (QED) is 0.704. The molecule has 1 aliphatic rings. The van der Waals surface area contributed by atoms with Gasteiger partial charge in [0.05, 0.1) is 23.0 Å². The largest absolute Gasteiger partial charge is 0.514 e. The molecule has 0 saturated carbocycles. The first kappa shape index (κ1) is 11.7. The van der Waals surface area contributed by atoms with Crippen molar-refractivity contribution < 1.29 is 9.31 Å². The Labute approximate surface area is 106 Å². The second-order valence-electron chi connectivity index (χ2n) is 5.58. The molecule has 0 radical (unpaired) electrons. The molecule has 1 fully saturated rings. The summed E-state index contributed by atoms with van der Waals surface area (Å²) >= 11 is 0. The standard InChI is InChI=1S/C12H16BN3O2/c1-11(2)12(3,4)18-13(17-11)9-7-15-10-8-14-5-6-16(9)10/h5-8H,1-4H3. The fraction of sp³-hybridized carbons (Fsp3) is 0.500. The Balaban J connectivity index is 2.03. The normalized spacial score (nSPS) is 21.7. The lowest BCUT2D eigenvalue weighted by Crippen LogP contribution is -2.41. The molecule has 0 unspecified atom stereocenters. The zero-order valence-electron chi connectivity index (χ0n) is 11.0. The zero-order chi connectivity index (χ0) is 13.0. The lowest BCUT2D eigenvalue weighted by molar-refractivity contribution is 0.00578. The van der Waals surface area contributed by atoms with Gasteiger partial charge in [-0.2, -0.15) is 0 Å². The zero-order valence-corrected chi connectivity index (χ0v) is 11.0. The van der Waals surface area contributed by atoms with Crippen LogP contribution in [0.4, 0.5) is 0 Å². The average Bonchev–Trinajstić information content (AvgIpc) is 2.78. The summed E-state index contributed by atoms with van der Waals surface area (Å²) in [6.45, 7) is 8.16. The maximum Gasteiger partial charge on any atom is 0.514 e. The van der Waals surface area contributed by atoms with Gasteiger partial charge in [0.25, 0.3) is 0 Å². The van der Waals surface area contributed by atoms with E-state index in [1.165, 1.54) is 0 Å². The molecule has 18 heavy (non-hydrogen) atoms. The average molecular weight is 245 g/mol. The molecule has 1 aliphatic heterocycles. The first-order chi connectivity index (χ1) is 8.41. The van der Waals surface area contributed by atoms with Crippen LogP contribution in [0.15, 0.2) is 24.8 Å². The Bertz CT molecular complexity index is 578. The van der Waals surface area contributed by atoms with Crippen molar-refractivity contribution in [3.63, 3.8) is 0 Å². The van der Waals surface area contributed by atoms with Crippen molar-refractivity contribution in [3.8, 4) is 0 Å². The van der Waals surface area contributed by atoms with Crippen LogP contribution in [0.5, 0.6) is 0 Å². The van der Waals surface area contributed by atoms with Crippen LogP contribution in [0, 0.1) is 0 Å². The molecule has 0 atom stereocenters. The summed E-state index contributed by atoms with van der Waals surface area (Å²) in [5.74, 6) is 0. The minimum Gasteiger partial charge on any atom is -0.398 e. The SMILES string of the molecule is CC1(C)OB(c2cnc3cnccn23)OC1(C)C. The Morgan fingerprint density at radius 2 is 1.78 bits per heavy atom. The van der Waals surface area contributed by atoms with E-state index in [9.17, 15) is 0 Å². The van der Waals surface area contributed by atoms with Gasteiger partial charge in [-0.25, -0.2) is 4.98 Å². The van der Waals surface area contributed by atoms with Gasteiger partial charge in [-0.05, 0) is 27.7 Å². The molecule has 2 aromatic rings. The van der Waals surface area contributed by atoms with Crippen LogP contribution in [-0.2, 0) is 9.31 Å². The first-order valence-corrected chi connectivity index (χ1v) is 6.03. The van der Waals surface area contributed by atoms with Crippen molar-refractivity contribution in [1.82, 2.24) is 14.4 Å². The summed E-state index contributed by atoms with van der Waals surface area (Å²) in [5.41, 5.74) is 1.01. The third-order valence-electron chi connectivity index (χ3n) is 3.84. The van der Waals surface area contributed by atoms with Crippen molar-refractivity contribution >= 4 is 18.4 Å². The number of nitrogens with zero attached hydrogens (tertiary/aromatic N) is 3. The molecule has 0 aliphatic carbocycles. The maximum atomic E-state index is 6.01. The molecule has 1 saturated heterocycles. The van der Waals surface area contributed by atoms with Gasteiger partial charge < -0.3 is 13.7 Å². The molecule has 3 rings (SSSR count). The van der Waals surface area contributed by atoms with Crippen molar-refractivity contribution in [2.24, 2.45) is 0 Å². The topological polar surface area (TPSA) is 48.7 Å². The Morgan fingerprint density at radius 1 is 1.11 bits per heavy atom. The highest BCUT2D eigenvalue weighted by Gasteiger charge is 2.52. The van der Waals surface area contributed by atoms with E-state index in [0.29, 0.717) is 0 Å². The minimum absolute atomic E-state index is 0.338. The molecule has 5 nitrogen and oxygen atoms in total. The van der Waals surface area contributed by atoms with Crippen LogP contribution in [-0.4, -0.2) is 32.7 Å². The van der Waals surface area contributed by atoms with Gasteiger partial charge in [0.1, 0.15) is 0 Å². The van der Waals surface area contributed by atoms with Crippen LogP contribution in [0.1, 0.15) is 27.7 Å². The number of imidazole rings is 1. The Hall–Kier alpha value is -1.40. The van der Waals surface area contributed by atoms with E-state index in [0.717, 1.165) is 11.2 Å². The highest BCUT2D eigenvalue weighted by atomic mass is 16.7. The van der Waals surface area contributed by atoms with Gasteiger partial charge >= 0.3 is 7.12 Å². The maximum absolute atomic E-state index is 6.01. The van der Waals surface area contributed by atoms with Crippen LogP contribution in [0.25, 0.3) is 5.65 Å².